The monoisotopic (exact) mass is 357 g/mol. The average Bonchev–Trinajstić information content (AvgIpc) is 2.67. The maximum absolute atomic E-state index is 12.9. The number of hydrogen-bond acceptors (Lipinski definition) is 1. The normalized spacial score (nSPS) is 11.4. The third kappa shape index (κ3) is 4.85. The highest BCUT2D eigenvalue weighted by atomic mass is 16.1. The summed E-state index contributed by atoms with van der Waals surface area (Å²) >= 11 is 0. The molecular weight excluding hydrogens is 330 g/mol. The molecule has 0 fully saturated rings. The summed E-state index contributed by atoms with van der Waals surface area (Å²) in [6.07, 6.45) is 0.409. The van der Waals surface area contributed by atoms with Gasteiger partial charge in [-0.3, -0.25) is 4.79 Å². The van der Waals surface area contributed by atoms with E-state index in [2.05, 4.69) is 56.4 Å². The van der Waals surface area contributed by atoms with Crippen molar-refractivity contribution in [1.29, 1.82) is 0 Å². The number of benzene rings is 3. The van der Waals surface area contributed by atoms with Crippen LogP contribution in [0, 0.1) is 0 Å². The minimum Gasteiger partial charge on any atom is -0.326 e. The van der Waals surface area contributed by atoms with Crippen LogP contribution in [-0.4, -0.2) is 5.91 Å². The molecule has 2 heteroatoms. The molecule has 0 aliphatic rings. The Hall–Kier alpha value is -2.87. The van der Waals surface area contributed by atoms with Gasteiger partial charge in [-0.1, -0.05) is 99.6 Å². The van der Waals surface area contributed by atoms with Crippen LogP contribution in [0.15, 0.2) is 84.9 Å². The van der Waals surface area contributed by atoms with E-state index in [4.69, 9.17) is 0 Å². The molecule has 0 unspecified atom stereocenters. The number of carbonyl (C=O) groups excluding carboxylic acids is 1. The first-order valence-corrected chi connectivity index (χ1v) is 9.44. The Morgan fingerprint density at radius 1 is 0.778 bits per heavy atom. The molecule has 3 rings (SSSR count). The molecule has 1 amide bonds. The number of anilines is 1. The topological polar surface area (TPSA) is 29.1 Å². The summed E-state index contributed by atoms with van der Waals surface area (Å²) in [5.41, 5.74) is 4.33. The van der Waals surface area contributed by atoms with Gasteiger partial charge in [0.2, 0.25) is 5.91 Å². The summed E-state index contributed by atoms with van der Waals surface area (Å²) in [5, 5.41) is 3.15. The third-order valence-corrected chi connectivity index (χ3v) is 4.80. The SMILES string of the molecule is CC(C)(C)c1ccccc1NC(=O)CC(c1ccccc1)c1ccccc1. The van der Waals surface area contributed by atoms with E-state index < -0.39 is 0 Å². The fraction of sp³-hybridized carbons (Fsp3) is 0.240. The van der Waals surface area contributed by atoms with Crippen molar-refractivity contribution in [3.63, 3.8) is 0 Å². The molecule has 3 aromatic carbocycles. The van der Waals surface area contributed by atoms with Crippen molar-refractivity contribution in [3.8, 4) is 0 Å². The van der Waals surface area contributed by atoms with Gasteiger partial charge in [0.1, 0.15) is 0 Å². The van der Waals surface area contributed by atoms with Gasteiger partial charge in [-0.15, -0.1) is 0 Å². The average molecular weight is 357 g/mol. The highest BCUT2D eigenvalue weighted by Gasteiger charge is 2.21. The van der Waals surface area contributed by atoms with E-state index in [9.17, 15) is 4.79 Å². The third-order valence-electron chi connectivity index (χ3n) is 4.80. The Bertz CT molecular complexity index is 839. The van der Waals surface area contributed by atoms with E-state index in [1.54, 1.807) is 0 Å². The standard InChI is InChI=1S/C25H27NO/c1-25(2,3)22-16-10-11-17-23(22)26-24(27)18-21(19-12-6-4-7-13-19)20-14-8-5-9-15-20/h4-17,21H,18H2,1-3H3,(H,26,27). The van der Waals surface area contributed by atoms with Crippen molar-refractivity contribution < 1.29 is 4.79 Å². The van der Waals surface area contributed by atoms with Gasteiger partial charge in [-0.25, -0.2) is 0 Å². The molecule has 0 bridgehead atoms. The fourth-order valence-corrected chi connectivity index (χ4v) is 3.43. The largest absolute Gasteiger partial charge is 0.326 e. The van der Waals surface area contributed by atoms with Crippen LogP contribution >= 0.6 is 0 Å². The van der Waals surface area contributed by atoms with Gasteiger partial charge in [-0.05, 0) is 28.2 Å². The number of carbonyl (C=O) groups is 1. The fourth-order valence-electron chi connectivity index (χ4n) is 3.43. The second-order valence-electron chi connectivity index (χ2n) is 7.92. The lowest BCUT2D eigenvalue weighted by molar-refractivity contribution is -0.116. The van der Waals surface area contributed by atoms with Gasteiger partial charge in [0.25, 0.3) is 0 Å². The van der Waals surface area contributed by atoms with Crippen molar-refractivity contribution in [3.05, 3.63) is 102 Å². The quantitative estimate of drug-likeness (QED) is 0.583. The predicted molar refractivity (Wildman–Crippen MR) is 113 cm³/mol. The van der Waals surface area contributed by atoms with Crippen molar-refractivity contribution >= 4 is 11.6 Å². The van der Waals surface area contributed by atoms with E-state index in [0.29, 0.717) is 6.42 Å². The summed E-state index contributed by atoms with van der Waals surface area (Å²) in [6, 6.07) is 28.5. The van der Waals surface area contributed by atoms with Crippen molar-refractivity contribution in [2.24, 2.45) is 0 Å². The Labute approximate surface area is 162 Å². The summed E-state index contributed by atoms with van der Waals surface area (Å²) in [7, 11) is 0. The summed E-state index contributed by atoms with van der Waals surface area (Å²) < 4.78 is 0. The molecule has 2 nitrogen and oxygen atoms in total. The van der Waals surface area contributed by atoms with Crippen LogP contribution in [0.25, 0.3) is 0 Å². The van der Waals surface area contributed by atoms with Gasteiger partial charge < -0.3 is 5.32 Å². The highest BCUT2D eigenvalue weighted by Crippen LogP contribution is 2.31. The molecule has 0 radical (unpaired) electrons. The number of para-hydroxylation sites is 1. The molecule has 138 valence electrons. The van der Waals surface area contributed by atoms with Crippen LogP contribution in [0.3, 0.4) is 0 Å². The second kappa shape index (κ2) is 8.22. The van der Waals surface area contributed by atoms with Crippen molar-refractivity contribution in [2.45, 2.75) is 38.5 Å². The Balaban J connectivity index is 1.84. The summed E-state index contributed by atoms with van der Waals surface area (Å²) in [5.74, 6) is 0.0682. The second-order valence-corrected chi connectivity index (χ2v) is 7.92. The Morgan fingerprint density at radius 2 is 1.26 bits per heavy atom. The van der Waals surface area contributed by atoms with Gasteiger partial charge in [0, 0.05) is 18.0 Å². The zero-order chi connectivity index (χ0) is 19.3. The highest BCUT2D eigenvalue weighted by molar-refractivity contribution is 5.92. The maximum Gasteiger partial charge on any atom is 0.225 e. The zero-order valence-electron chi connectivity index (χ0n) is 16.3. The molecule has 0 saturated carbocycles. The molecule has 0 aromatic heterocycles. The van der Waals surface area contributed by atoms with Crippen LogP contribution in [0.1, 0.15) is 49.8 Å². The molecule has 0 aliphatic heterocycles. The molecule has 0 aliphatic carbocycles. The lowest BCUT2D eigenvalue weighted by Crippen LogP contribution is -2.20. The predicted octanol–water partition coefficient (Wildman–Crippen LogP) is 6.14. The first-order valence-electron chi connectivity index (χ1n) is 9.44. The first-order chi connectivity index (χ1) is 12.9. The number of amides is 1. The first kappa shape index (κ1) is 18.9. The molecule has 3 aromatic rings. The number of hydrogen-bond donors (Lipinski definition) is 1. The summed E-state index contributed by atoms with van der Waals surface area (Å²) in [4.78, 5) is 12.9. The van der Waals surface area contributed by atoms with E-state index in [1.165, 1.54) is 0 Å². The lowest BCUT2D eigenvalue weighted by Gasteiger charge is -2.24. The zero-order valence-corrected chi connectivity index (χ0v) is 16.3. The van der Waals surface area contributed by atoms with Gasteiger partial charge >= 0.3 is 0 Å². The smallest absolute Gasteiger partial charge is 0.225 e. The lowest BCUT2D eigenvalue weighted by atomic mass is 9.85. The van der Waals surface area contributed by atoms with Gasteiger partial charge in [0.15, 0.2) is 0 Å². The molecule has 0 atom stereocenters. The maximum atomic E-state index is 12.9. The van der Waals surface area contributed by atoms with Crippen LogP contribution in [-0.2, 0) is 10.2 Å². The molecule has 0 spiro atoms. The van der Waals surface area contributed by atoms with Crippen LogP contribution in [0.5, 0.6) is 0 Å². The van der Waals surface area contributed by atoms with E-state index in [1.807, 2.05) is 54.6 Å². The minimum atomic E-state index is -0.0257. The van der Waals surface area contributed by atoms with Gasteiger partial charge in [0.05, 0.1) is 0 Å². The number of rotatable bonds is 5. The van der Waals surface area contributed by atoms with E-state index in [0.717, 1.165) is 22.4 Å². The van der Waals surface area contributed by atoms with Crippen molar-refractivity contribution in [2.75, 3.05) is 5.32 Å². The molecular formula is C25H27NO. The van der Waals surface area contributed by atoms with E-state index >= 15 is 0 Å². The minimum absolute atomic E-state index is 0.0257. The summed E-state index contributed by atoms with van der Waals surface area (Å²) in [6.45, 7) is 6.48. The Kier molecular flexibility index (Phi) is 5.75. The van der Waals surface area contributed by atoms with Crippen molar-refractivity contribution in [1.82, 2.24) is 0 Å². The van der Waals surface area contributed by atoms with Crippen LogP contribution in [0.2, 0.25) is 0 Å². The van der Waals surface area contributed by atoms with E-state index in [-0.39, 0.29) is 17.2 Å². The van der Waals surface area contributed by atoms with Gasteiger partial charge in [-0.2, -0.15) is 0 Å². The van der Waals surface area contributed by atoms with Crippen LogP contribution in [0.4, 0.5) is 5.69 Å². The molecule has 0 heterocycles. The number of nitrogens with one attached hydrogen (secondary N) is 1. The molecule has 1 N–H and O–H groups in total. The van der Waals surface area contributed by atoms with Crippen LogP contribution < -0.4 is 5.32 Å². The molecule has 27 heavy (non-hydrogen) atoms. The molecule has 0 saturated heterocycles. The Morgan fingerprint density at radius 3 is 1.78 bits per heavy atom.